The molecule has 7 heteroatoms. The van der Waals surface area contributed by atoms with Crippen LogP contribution < -0.4 is 10.6 Å². The van der Waals surface area contributed by atoms with Crippen molar-refractivity contribution < 1.29 is 13.2 Å². The molecule has 0 amide bonds. The van der Waals surface area contributed by atoms with E-state index in [-0.39, 0.29) is 11.7 Å². The average molecular weight is 268 g/mol. The largest absolute Gasteiger partial charge is 0.406 e. The van der Waals surface area contributed by atoms with Crippen molar-refractivity contribution in [1.82, 2.24) is 15.5 Å². The standard InChI is InChI=1S/C12H14F2N4O/c1-2-6-15-7-10-17-18-12(19-10)16-9-5-3-4-8(13)11(9)14/h3-5,15H,2,6-7H2,1H3,(H,16,18). The molecule has 2 aromatic rings. The Hall–Kier alpha value is -2.02. The first kappa shape index (κ1) is 13.4. The summed E-state index contributed by atoms with van der Waals surface area (Å²) in [7, 11) is 0. The minimum absolute atomic E-state index is 0.0257. The molecule has 0 saturated carbocycles. The van der Waals surface area contributed by atoms with Crippen LogP contribution in [0.2, 0.25) is 0 Å². The maximum absolute atomic E-state index is 13.4. The van der Waals surface area contributed by atoms with Crippen molar-refractivity contribution in [3.8, 4) is 0 Å². The van der Waals surface area contributed by atoms with Gasteiger partial charge in [-0.25, -0.2) is 8.78 Å². The Labute approximate surface area is 109 Å². The van der Waals surface area contributed by atoms with Crippen molar-refractivity contribution >= 4 is 11.7 Å². The molecule has 0 fully saturated rings. The lowest BCUT2D eigenvalue weighted by Gasteiger charge is -2.02. The molecule has 2 N–H and O–H groups in total. The molecule has 5 nitrogen and oxygen atoms in total. The van der Waals surface area contributed by atoms with Gasteiger partial charge in [0.05, 0.1) is 12.2 Å². The molecule has 0 bridgehead atoms. The molecule has 0 spiro atoms. The van der Waals surface area contributed by atoms with E-state index in [1.54, 1.807) is 0 Å². The molecule has 2 rings (SSSR count). The van der Waals surface area contributed by atoms with Crippen LogP contribution in [0.1, 0.15) is 19.2 Å². The molecule has 19 heavy (non-hydrogen) atoms. The molecule has 0 saturated heterocycles. The van der Waals surface area contributed by atoms with Crippen molar-refractivity contribution in [3.63, 3.8) is 0 Å². The lowest BCUT2D eigenvalue weighted by Crippen LogP contribution is -2.13. The highest BCUT2D eigenvalue weighted by molar-refractivity contribution is 5.52. The Balaban J connectivity index is 2.01. The molecule has 0 unspecified atom stereocenters. The van der Waals surface area contributed by atoms with E-state index in [4.69, 9.17) is 4.42 Å². The molecule has 1 heterocycles. The summed E-state index contributed by atoms with van der Waals surface area (Å²) >= 11 is 0. The minimum Gasteiger partial charge on any atom is -0.406 e. The fourth-order valence-corrected chi connectivity index (χ4v) is 1.46. The van der Waals surface area contributed by atoms with E-state index in [0.717, 1.165) is 19.0 Å². The summed E-state index contributed by atoms with van der Waals surface area (Å²) in [5.41, 5.74) is -0.0447. The van der Waals surface area contributed by atoms with Gasteiger partial charge in [0.15, 0.2) is 11.6 Å². The molecule has 0 aliphatic carbocycles. The maximum atomic E-state index is 13.4. The predicted octanol–water partition coefficient (Wildman–Crippen LogP) is 2.59. The number of halogens is 2. The number of aromatic nitrogens is 2. The number of hydrogen-bond donors (Lipinski definition) is 2. The second kappa shape index (κ2) is 6.24. The van der Waals surface area contributed by atoms with Gasteiger partial charge in [-0.05, 0) is 25.1 Å². The van der Waals surface area contributed by atoms with Crippen LogP contribution in [0.3, 0.4) is 0 Å². The van der Waals surface area contributed by atoms with E-state index in [1.165, 1.54) is 12.1 Å². The zero-order valence-corrected chi connectivity index (χ0v) is 10.4. The van der Waals surface area contributed by atoms with Crippen LogP contribution in [0, 0.1) is 11.6 Å². The maximum Gasteiger partial charge on any atom is 0.320 e. The smallest absolute Gasteiger partial charge is 0.320 e. The van der Waals surface area contributed by atoms with Gasteiger partial charge in [0.2, 0.25) is 5.89 Å². The Morgan fingerprint density at radius 3 is 2.89 bits per heavy atom. The van der Waals surface area contributed by atoms with Crippen molar-refractivity contribution in [2.75, 3.05) is 11.9 Å². The first-order valence-electron chi connectivity index (χ1n) is 5.95. The number of anilines is 2. The van der Waals surface area contributed by atoms with Crippen molar-refractivity contribution in [3.05, 3.63) is 35.7 Å². The fourth-order valence-electron chi connectivity index (χ4n) is 1.46. The van der Waals surface area contributed by atoms with Crippen molar-refractivity contribution in [2.24, 2.45) is 0 Å². The highest BCUT2D eigenvalue weighted by Gasteiger charge is 2.11. The van der Waals surface area contributed by atoms with E-state index in [2.05, 4.69) is 20.8 Å². The summed E-state index contributed by atoms with van der Waals surface area (Å²) in [6.07, 6.45) is 0.994. The summed E-state index contributed by atoms with van der Waals surface area (Å²) in [4.78, 5) is 0. The molecule has 0 radical (unpaired) electrons. The first-order valence-corrected chi connectivity index (χ1v) is 5.95. The van der Waals surface area contributed by atoms with Gasteiger partial charge in [-0.3, -0.25) is 0 Å². The van der Waals surface area contributed by atoms with Crippen molar-refractivity contribution in [2.45, 2.75) is 19.9 Å². The number of hydrogen-bond acceptors (Lipinski definition) is 5. The quantitative estimate of drug-likeness (QED) is 0.788. The Morgan fingerprint density at radius 1 is 1.26 bits per heavy atom. The molecule has 102 valence electrons. The third-order valence-electron chi connectivity index (χ3n) is 2.36. The molecular weight excluding hydrogens is 254 g/mol. The molecule has 1 aromatic heterocycles. The Kier molecular flexibility index (Phi) is 4.40. The van der Waals surface area contributed by atoms with Gasteiger partial charge in [-0.2, -0.15) is 0 Å². The number of benzene rings is 1. The van der Waals surface area contributed by atoms with E-state index >= 15 is 0 Å². The van der Waals surface area contributed by atoms with Gasteiger partial charge in [0.1, 0.15) is 0 Å². The van der Waals surface area contributed by atoms with Crippen LogP contribution >= 0.6 is 0 Å². The molecule has 1 aromatic carbocycles. The van der Waals surface area contributed by atoms with Gasteiger partial charge < -0.3 is 15.1 Å². The zero-order valence-electron chi connectivity index (χ0n) is 10.4. The summed E-state index contributed by atoms with van der Waals surface area (Å²) < 4.78 is 31.6. The average Bonchev–Trinajstić information content (AvgIpc) is 2.83. The van der Waals surface area contributed by atoms with Crippen LogP contribution in [0.4, 0.5) is 20.5 Å². The Morgan fingerprint density at radius 2 is 2.11 bits per heavy atom. The van der Waals surface area contributed by atoms with Gasteiger partial charge in [-0.15, -0.1) is 5.10 Å². The predicted molar refractivity (Wildman–Crippen MR) is 65.9 cm³/mol. The Bertz CT molecular complexity index is 544. The third kappa shape index (κ3) is 3.47. The molecular formula is C12H14F2N4O. The number of rotatable bonds is 6. The highest BCUT2D eigenvalue weighted by Crippen LogP contribution is 2.20. The highest BCUT2D eigenvalue weighted by atomic mass is 19.2. The van der Waals surface area contributed by atoms with Crippen molar-refractivity contribution in [1.29, 1.82) is 0 Å². The molecule has 0 aliphatic heterocycles. The van der Waals surface area contributed by atoms with Crippen LogP contribution in [-0.2, 0) is 6.54 Å². The SMILES string of the molecule is CCCNCc1nnc(Nc2cccc(F)c2F)o1. The fraction of sp³-hybridized carbons (Fsp3) is 0.333. The normalized spacial score (nSPS) is 10.7. The monoisotopic (exact) mass is 268 g/mol. The number of nitrogens with one attached hydrogen (secondary N) is 2. The van der Waals surface area contributed by atoms with Crippen LogP contribution in [0.25, 0.3) is 0 Å². The van der Waals surface area contributed by atoms with Gasteiger partial charge >= 0.3 is 6.01 Å². The van der Waals surface area contributed by atoms with E-state index < -0.39 is 11.6 Å². The number of nitrogens with zero attached hydrogens (tertiary/aromatic N) is 2. The van der Waals surface area contributed by atoms with E-state index in [9.17, 15) is 8.78 Å². The van der Waals surface area contributed by atoms with Crippen LogP contribution in [0.15, 0.2) is 22.6 Å². The second-order valence-corrected chi connectivity index (χ2v) is 3.90. The summed E-state index contributed by atoms with van der Waals surface area (Å²) in [6, 6.07) is 3.84. The lowest BCUT2D eigenvalue weighted by molar-refractivity contribution is 0.478. The van der Waals surface area contributed by atoms with Gasteiger partial charge in [0.25, 0.3) is 0 Å². The minimum atomic E-state index is -0.980. The second-order valence-electron chi connectivity index (χ2n) is 3.90. The molecule has 0 aliphatic rings. The van der Waals surface area contributed by atoms with E-state index in [1.807, 2.05) is 6.92 Å². The summed E-state index contributed by atoms with van der Waals surface area (Å²) in [5, 5.41) is 13.1. The van der Waals surface area contributed by atoms with E-state index in [0.29, 0.717) is 12.4 Å². The first-order chi connectivity index (χ1) is 9.20. The van der Waals surface area contributed by atoms with Gasteiger partial charge in [-0.1, -0.05) is 18.1 Å². The van der Waals surface area contributed by atoms with Crippen LogP contribution in [-0.4, -0.2) is 16.7 Å². The summed E-state index contributed by atoms with van der Waals surface area (Å²) in [5.74, 6) is -1.53. The lowest BCUT2D eigenvalue weighted by atomic mass is 10.3. The van der Waals surface area contributed by atoms with Crippen LogP contribution in [0.5, 0.6) is 0 Å². The summed E-state index contributed by atoms with van der Waals surface area (Å²) in [6.45, 7) is 3.32. The molecule has 0 atom stereocenters. The van der Waals surface area contributed by atoms with Gasteiger partial charge in [0, 0.05) is 0 Å². The zero-order chi connectivity index (χ0) is 13.7. The topological polar surface area (TPSA) is 63.0 Å². The third-order valence-corrected chi connectivity index (χ3v) is 2.36.